The molecule has 0 bridgehead atoms. The largest absolute Gasteiger partial charge is 0.379 e. The van der Waals surface area contributed by atoms with Crippen LogP contribution in [0.3, 0.4) is 0 Å². The predicted octanol–water partition coefficient (Wildman–Crippen LogP) is 3.19. The smallest absolute Gasteiger partial charge is 0.261 e. The number of hydrogen-bond acceptors (Lipinski definition) is 4. The van der Waals surface area contributed by atoms with E-state index in [2.05, 4.69) is 10.0 Å². The number of nitrogens with one attached hydrogen (secondary N) is 2. The topological polar surface area (TPSA) is 84.5 Å². The normalized spacial score (nSPS) is 17.3. The number of amides is 1. The highest BCUT2D eigenvalue weighted by Crippen LogP contribution is 2.22. The molecule has 1 heterocycles. The highest BCUT2D eigenvalue weighted by atomic mass is 35.5. The third-order valence-corrected chi connectivity index (χ3v) is 5.76. The van der Waals surface area contributed by atoms with Crippen LogP contribution in [0.2, 0.25) is 5.02 Å². The van der Waals surface area contributed by atoms with E-state index >= 15 is 0 Å². The first-order valence-electron chi connectivity index (χ1n) is 8.32. The number of anilines is 1. The Morgan fingerprint density at radius 1 is 1.19 bits per heavy atom. The number of sulfonamides is 1. The molecule has 1 aliphatic rings. The van der Waals surface area contributed by atoms with Gasteiger partial charge in [0.2, 0.25) is 0 Å². The van der Waals surface area contributed by atoms with E-state index in [1.807, 2.05) is 0 Å². The summed E-state index contributed by atoms with van der Waals surface area (Å²) in [5.74, 6) is -0.945. The molecular formula is C18H18ClFN2O4S. The van der Waals surface area contributed by atoms with Crippen molar-refractivity contribution in [2.45, 2.75) is 23.8 Å². The van der Waals surface area contributed by atoms with E-state index in [-0.39, 0.29) is 27.6 Å². The van der Waals surface area contributed by atoms with Gasteiger partial charge < -0.3 is 10.1 Å². The molecule has 1 atom stereocenters. The van der Waals surface area contributed by atoms with Crippen LogP contribution in [0.5, 0.6) is 0 Å². The van der Waals surface area contributed by atoms with E-state index in [1.54, 1.807) is 0 Å². The Labute approximate surface area is 161 Å². The maximum atomic E-state index is 13.2. The monoisotopic (exact) mass is 412 g/mol. The molecule has 3 rings (SSSR count). The summed E-state index contributed by atoms with van der Waals surface area (Å²) in [6.07, 6.45) is 1.77. The first kappa shape index (κ1) is 19.6. The number of rotatable bonds is 5. The molecule has 0 aliphatic carbocycles. The molecule has 6 nitrogen and oxygen atoms in total. The van der Waals surface area contributed by atoms with Crippen LogP contribution >= 0.6 is 11.6 Å². The molecule has 9 heteroatoms. The number of carbonyl (C=O) groups excluding carboxylic acids is 1. The van der Waals surface area contributed by atoms with Gasteiger partial charge in [0.15, 0.2) is 0 Å². The quantitative estimate of drug-likeness (QED) is 0.789. The van der Waals surface area contributed by atoms with Crippen LogP contribution in [0.4, 0.5) is 10.1 Å². The maximum Gasteiger partial charge on any atom is 0.261 e. The summed E-state index contributed by atoms with van der Waals surface area (Å²) in [5.41, 5.74) is 0.682. The van der Waals surface area contributed by atoms with Gasteiger partial charge in [-0.1, -0.05) is 11.6 Å². The van der Waals surface area contributed by atoms with E-state index in [0.29, 0.717) is 18.8 Å². The first-order valence-corrected chi connectivity index (χ1v) is 10.2. The van der Waals surface area contributed by atoms with Gasteiger partial charge in [-0.25, -0.2) is 12.8 Å². The molecule has 2 N–H and O–H groups in total. The second kappa shape index (κ2) is 8.24. The zero-order valence-electron chi connectivity index (χ0n) is 14.2. The molecule has 0 spiro atoms. The second-order valence-corrected chi connectivity index (χ2v) is 8.24. The lowest BCUT2D eigenvalue weighted by atomic mass is 10.1. The van der Waals surface area contributed by atoms with Crippen LogP contribution in [0.1, 0.15) is 23.2 Å². The van der Waals surface area contributed by atoms with Gasteiger partial charge in [0, 0.05) is 17.9 Å². The number of ether oxygens (including phenoxy) is 1. The fraction of sp³-hybridized carbons (Fsp3) is 0.278. The zero-order valence-corrected chi connectivity index (χ0v) is 15.8. The summed E-state index contributed by atoms with van der Waals surface area (Å²) >= 11 is 5.64. The van der Waals surface area contributed by atoms with Crippen LogP contribution in [0, 0.1) is 5.82 Å². The van der Waals surface area contributed by atoms with E-state index < -0.39 is 15.8 Å². The molecule has 1 unspecified atom stereocenters. The molecule has 2 aromatic carbocycles. The SMILES string of the molecule is O=C(NC1CCCOC1)c1ccc(NS(=O)(=O)c2ccc(F)c(Cl)c2)cc1. The van der Waals surface area contributed by atoms with Gasteiger partial charge in [-0.05, 0) is 55.3 Å². The van der Waals surface area contributed by atoms with Gasteiger partial charge in [0.25, 0.3) is 15.9 Å². The molecular weight excluding hydrogens is 395 g/mol. The molecule has 0 radical (unpaired) electrons. The first-order chi connectivity index (χ1) is 12.8. The third-order valence-electron chi connectivity index (χ3n) is 4.10. The van der Waals surface area contributed by atoms with Crippen molar-refractivity contribution in [3.05, 3.63) is 58.9 Å². The summed E-state index contributed by atoms with van der Waals surface area (Å²) in [7, 11) is -3.93. The Morgan fingerprint density at radius 2 is 1.93 bits per heavy atom. The number of hydrogen-bond donors (Lipinski definition) is 2. The van der Waals surface area contributed by atoms with Crippen LogP contribution in [-0.4, -0.2) is 33.6 Å². The summed E-state index contributed by atoms with van der Waals surface area (Å²) in [6.45, 7) is 1.20. The fourth-order valence-electron chi connectivity index (χ4n) is 2.67. The molecule has 144 valence electrons. The summed E-state index contributed by atoms with van der Waals surface area (Å²) in [5, 5.41) is 2.61. The molecule has 1 fully saturated rings. The Kier molecular flexibility index (Phi) is 5.98. The number of benzene rings is 2. The van der Waals surface area contributed by atoms with Crippen molar-refractivity contribution < 1.29 is 22.3 Å². The lowest BCUT2D eigenvalue weighted by Gasteiger charge is -2.23. The van der Waals surface area contributed by atoms with E-state index in [0.717, 1.165) is 31.0 Å². The number of halogens is 2. The van der Waals surface area contributed by atoms with Crippen molar-refractivity contribution in [3.63, 3.8) is 0 Å². The predicted molar refractivity (Wildman–Crippen MR) is 100.0 cm³/mol. The lowest BCUT2D eigenvalue weighted by molar-refractivity contribution is 0.0624. The Morgan fingerprint density at radius 3 is 2.56 bits per heavy atom. The van der Waals surface area contributed by atoms with Gasteiger partial charge >= 0.3 is 0 Å². The highest BCUT2D eigenvalue weighted by Gasteiger charge is 2.18. The minimum absolute atomic E-state index is 0.0207. The molecule has 2 aromatic rings. The highest BCUT2D eigenvalue weighted by molar-refractivity contribution is 7.92. The Bertz CT molecular complexity index is 929. The van der Waals surface area contributed by atoms with Gasteiger partial charge in [0.05, 0.1) is 22.6 Å². The average Bonchev–Trinajstić information content (AvgIpc) is 2.65. The maximum absolute atomic E-state index is 13.2. The van der Waals surface area contributed by atoms with Crippen LogP contribution in [0.25, 0.3) is 0 Å². The van der Waals surface area contributed by atoms with Gasteiger partial charge in [-0.3, -0.25) is 9.52 Å². The van der Waals surface area contributed by atoms with Crippen molar-refractivity contribution in [2.24, 2.45) is 0 Å². The summed E-state index contributed by atoms with van der Waals surface area (Å²) in [4.78, 5) is 12.1. The molecule has 0 saturated carbocycles. The summed E-state index contributed by atoms with van der Waals surface area (Å²) < 4.78 is 45.6. The van der Waals surface area contributed by atoms with Gasteiger partial charge in [-0.15, -0.1) is 0 Å². The molecule has 1 saturated heterocycles. The van der Waals surface area contributed by atoms with Gasteiger partial charge in [0.1, 0.15) is 5.82 Å². The van der Waals surface area contributed by atoms with Crippen molar-refractivity contribution >= 4 is 33.2 Å². The van der Waals surface area contributed by atoms with Crippen molar-refractivity contribution in [1.82, 2.24) is 5.32 Å². The van der Waals surface area contributed by atoms with Crippen LogP contribution < -0.4 is 10.0 Å². The van der Waals surface area contributed by atoms with Crippen molar-refractivity contribution in [2.75, 3.05) is 17.9 Å². The van der Waals surface area contributed by atoms with Crippen molar-refractivity contribution in [3.8, 4) is 0 Å². The minimum atomic E-state index is -3.93. The average molecular weight is 413 g/mol. The van der Waals surface area contributed by atoms with Crippen LogP contribution in [0.15, 0.2) is 47.4 Å². The Hall–Kier alpha value is -2.16. The molecule has 1 amide bonds. The molecule has 1 aliphatic heterocycles. The molecule has 27 heavy (non-hydrogen) atoms. The minimum Gasteiger partial charge on any atom is -0.379 e. The fourth-order valence-corrected chi connectivity index (χ4v) is 4.00. The van der Waals surface area contributed by atoms with E-state index in [1.165, 1.54) is 24.3 Å². The van der Waals surface area contributed by atoms with Crippen molar-refractivity contribution in [1.29, 1.82) is 0 Å². The molecule has 0 aromatic heterocycles. The second-order valence-electron chi connectivity index (χ2n) is 6.15. The lowest BCUT2D eigenvalue weighted by Crippen LogP contribution is -2.40. The number of carbonyl (C=O) groups is 1. The zero-order chi connectivity index (χ0) is 19.4. The summed E-state index contributed by atoms with van der Waals surface area (Å²) in [6, 6.07) is 9.13. The Balaban J connectivity index is 1.67. The standard InChI is InChI=1S/C18H18ClFN2O4S/c19-16-10-15(7-8-17(16)20)27(24,25)22-13-5-3-12(4-6-13)18(23)21-14-2-1-9-26-11-14/h3-8,10,14,22H,1-2,9,11H2,(H,21,23). The van der Waals surface area contributed by atoms with E-state index in [4.69, 9.17) is 16.3 Å². The third kappa shape index (κ3) is 4.97. The van der Waals surface area contributed by atoms with E-state index in [9.17, 15) is 17.6 Å². The van der Waals surface area contributed by atoms with Crippen LogP contribution in [-0.2, 0) is 14.8 Å². The van der Waals surface area contributed by atoms with Gasteiger partial charge in [-0.2, -0.15) is 0 Å².